The molecular formula is C22H32N2O5. The third kappa shape index (κ3) is 5.96. The van der Waals surface area contributed by atoms with Gasteiger partial charge in [-0.15, -0.1) is 0 Å². The van der Waals surface area contributed by atoms with E-state index in [0.29, 0.717) is 6.61 Å². The molecule has 3 rings (SSSR count). The van der Waals surface area contributed by atoms with Crippen molar-refractivity contribution in [2.45, 2.75) is 32.2 Å². The highest BCUT2D eigenvalue weighted by Gasteiger charge is 2.27. The van der Waals surface area contributed by atoms with Gasteiger partial charge in [-0.3, -0.25) is 9.80 Å². The fraction of sp³-hybridized carbons (Fsp3) is 0.545. The highest BCUT2D eigenvalue weighted by atomic mass is 16.5. The second-order valence-electron chi connectivity index (χ2n) is 7.39. The number of aliphatic hydroxyl groups excluding tert-OH is 1. The van der Waals surface area contributed by atoms with E-state index in [1.54, 1.807) is 21.3 Å². The van der Waals surface area contributed by atoms with Crippen molar-refractivity contribution in [1.29, 1.82) is 0 Å². The first-order chi connectivity index (χ1) is 14.1. The molecule has 0 bridgehead atoms. The van der Waals surface area contributed by atoms with Crippen LogP contribution in [0.15, 0.2) is 34.7 Å². The molecule has 2 aromatic rings. The maximum absolute atomic E-state index is 9.59. The summed E-state index contributed by atoms with van der Waals surface area (Å²) in [6, 6.07) is 10.2. The molecular weight excluding hydrogens is 372 g/mol. The van der Waals surface area contributed by atoms with E-state index < -0.39 is 0 Å². The first-order valence-electron chi connectivity index (χ1n) is 10.0. The largest absolute Gasteiger partial charge is 0.497 e. The molecule has 1 N–H and O–H groups in total. The zero-order valence-corrected chi connectivity index (χ0v) is 17.6. The normalized spacial score (nSPS) is 18.1. The van der Waals surface area contributed by atoms with Crippen molar-refractivity contribution in [2.24, 2.45) is 0 Å². The summed E-state index contributed by atoms with van der Waals surface area (Å²) in [6.07, 6.45) is 0.741. The molecule has 0 aliphatic carbocycles. The smallest absolute Gasteiger partial charge is 0.129 e. The number of piperazine rings is 1. The summed E-state index contributed by atoms with van der Waals surface area (Å²) in [5, 5.41) is 9.59. The molecule has 1 aromatic carbocycles. The summed E-state index contributed by atoms with van der Waals surface area (Å²) in [5.74, 6) is 3.38. The first-order valence-corrected chi connectivity index (χ1v) is 10.0. The van der Waals surface area contributed by atoms with Gasteiger partial charge in [0, 0.05) is 52.0 Å². The van der Waals surface area contributed by atoms with E-state index in [0.717, 1.165) is 67.7 Å². The Balaban J connectivity index is 1.64. The Morgan fingerprint density at radius 1 is 1.00 bits per heavy atom. The Bertz CT molecular complexity index is 741. The molecule has 7 heteroatoms. The number of nitrogens with zero attached hydrogens (tertiary/aromatic N) is 2. The van der Waals surface area contributed by atoms with Gasteiger partial charge in [0.25, 0.3) is 0 Å². The zero-order valence-electron chi connectivity index (χ0n) is 17.6. The van der Waals surface area contributed by atoms with Crippen molar-refractivity contribution in [3.8, 4) is 11.5 Å². The molecule has 1 atom stereocenters. The van der Waals surface area contributed by atoms with Gasteiger partial charge < -0.3 is 23.7 Å². The predicted octanol–water partition coefficient (Wildman–Crippen LogP) is 2.51. The lowest BCUT2D eigenvalue weighted by Gasteiger charge is -2.41. The molecule has 1 aliphatic rings. The van der Waals surface area contributed by atoms with Crippen molar-refractivity contribution >= 4 is 0 Å². The molecule has 1 unspecified atom stereocenters. The molecule has 2 heterocycles. The van der Waals surface area contributed by atoms with E-state index in [-0.39, 0.29) is 12.6 Å². The van der Waals surface area contributed by atoms with Crippen LogP contribution >= 0.6 is 0 Å². The highest BCUT2D eigenvalue weighted by molar-refractivity contribution is 5.38. The monoisotopic (exact) mass is 404 g/mol. The third-order valence-electron chi connectivity index (χ3n) is 5.33. The number of ether oxygens (including phenoxy) is 3. The van der Waals surface area contributed by atoms with E-state index in [9.17, 15) is 5.11 Å². The van der Waals surface area contributed by atoms with Crippen LogP contribution in [0.3, 0.4) is 0 Å². The lowest BCUT2D eigenvalue weighted by Crippen LogP contribution is -2.52. The second kappa shape index (κ2) is 10.6. The average Bonchev–Trinajstić information content (AvgIpc) is 3.17. The summed E-state index contributed by atoms with van der Waals surface area (Å²) in [4.78, 5) is 4.82. The van der Waals surface area contributed by atoms with Crippen LogP contribution in [0.1, 0.15) is 23.5 Å². The van der Waals surface area contributed by atoms with E-state index >= 15 is 0 Å². The molecule has 0 spiro atoms. The fourth-order valence-electron chi connectivity index (χ4n) is 3.87. The Morgan fingerprint density at radius 3 is 2.38 bits per heavy atom. The summed E-state index contributed by atoms with van der Waals surface area (Å²) in [7, 11) is 5.00. The Hall–Kier alpha value is -2.06. The topological polar surface area (TPSA) is 67.5 Å². The van der Waals surface area contributed by atoms with Gasteiger partial charge in [-0.25, -0.2) is 0 Å². The van der Waals surface area contributed by atoms with E-state index in [4.69, 9.17) is 18.6 Å². The van der Waals surface area contributed by atoms with Crippen LogP contribution in [0.4, 0.5) is 0 Å². The van der Waals surface area contributed by atoms with Crippen LogP contribution in [-0.2, 0) is 24.4 Å². The number of benzene rings is 1. The SMILES string of the molecule is COCc1ccc(CN2CCN(Cc3cc(OC)cc(OC)c3)C(CCO)C2)o1. The number of furan rings is 1. The molecule has 1 aromatic heterocycles. The molecule has 29 heavy (non-hydrogen) atoms. The van der Waals surface area contributed by atoms with E-state index in [1.165, 1.54) is 0 Å². The number of rotatable bonds is 10. The van der Waals surface area contributed by atoms with Gasteiger partial charge in [-0.05, 0) is 36.2 Å². The van der Waals surface area contributed by atoms with Crippen molar-refractivity contribution in [3.05, 3.63) is 47.4 Å². The quantitative estimate of drug-likeness (QED) is 0.653. The van der Waals surface area contributed by atoms with Crippen LogP contribution in [0.25, 0.3) is 0 Å². The number of aliphatic hydroxyl groups is 1. The van der Waals surface area contributed by atoms with Gasteiger partial charge in [0.2, 0.25) is 0 Å². The number of methoxy groups -OCH3 is 3. The first kappa shape index (κ1) is 21.6. The van der Waals surface area contributed by atoms with Crippen LogP contribution in [-0.4, -0.2) is 68.5 Å². The van der Waals surface area contributed by atoms with E-state index in [1.807, 2.05) is 30.3 Å². The van der Waals surface area contributed by atoms with Gasteiger partial charge >= 0.3 is 0 Å². The maximum atomic E-state index is 9.59. The molecule has 160 valence electrons. The van der Waals surface area contributed by atoms with Gasteiger partial charge in [-0.1, -0.05) is 0 Å². The van der Waals surface area contributed by atoms with Crippen LogP contribution in [0, 0.1) is 0 Å². The molecule has 0 amide bonds. The molecule has 1 fully saturated rings. The fourth-order valence-corrected chi connectivity index (χ4v) is 3.87. The van der Waals surface area contributed by atoms with Crippen molar-refractivity contribution < 1.29 is 23.7 Å². The van der Waals surface area contributed by atoms with Crippen molar-refractivity contribution in [3.63, 3.8) is 0 Å². The Kier molecular flexibility index (Phi) is 7.94. The lowest BCUT2D eigenvalue weighted by molar-refractivity contribution is 0.0462. The average molecular weight is 405 g/mol. The molecule has 0 saturated carbocycles. The standard InChI is InChI=1S/C22H32N2O5/c1-26-16-20-5-4-19(29-20)15-23-7-8-24(18(14-23)6-9-25)13-17-10-21(27-2)12-22(11-17)28-3/h4-5,10-12,18,25H,6-9,13-16H2,1-3H3. The third-order valence-corrected chi connectivity index (χ3v) is 5.33. The van der Waals surface area contributed by atoms with Crippen LogP contribution in [0.5, 0.6) is 11.5 Å². The molecule has 1 saturated heterocycles. The number of hydrogen-bond donors (Lipinski definition) is 1. The van der Waals surface area contributed by atoms with Crippen LogP contribution < -0.4 is 9.47 Å². The second-order valence-corrected chi connectivity index (χ2v) is 7.39. The lowest BCUT2D eigenvalue weighted by atomic mass is 10.1. The van der Waals surface area contributed by atoms with E-state index in [2.05, 4.69) is 9.80 Å². The summed E-state index contributed by atoms with van der Waals surface area (Å²) in [6.45, 7) is 5.00. The molecule has 1 aliphatic heterocycles. The van der Waals surface area contributed by atoms with Crippen LogP contribution in [0.2, 0.25) is 0 Å². The highest BCUT2D eigenvalue weighted by Crippen LogP contribution is 2.25. The summed E-state index contributed by atoms with van der Waals surface area (Å²) in [5.41, 5.74) is 1.15. The van der Waals surface area contributed by atoms with Gasteiger partial charge in [-0.2, -0.15) is 0 Å². The summed E-state index contributed by atoms with van der Waals surface area (Å²) < 4.78 is 21.8. The molecule has 7 nitrogen and oxygen atoms in total. The number of hydrogen-bond acceptors (Lipinski definition) is 7. The zero-order chi connectivity index (χ0) is 20.6. The minimum Gasteiger partial charge on any atom is -0.497 e. The Morgan fingerprint density at radius 2 is 1.72 bits per heavy atom. The summed E-state index contributed by atoms with van der Waals surface area (Å²) >= 11 is 0. The minimum atomic E-state index is 0.176. The van der Waals surface area contributed by atoms with Crippen molar-refractivity contribution in [2.75, 3.05) is 47.6 Å². The van der Waals surface area contributed by atoms with Gasteiger partial charge in [0.1, 0.15) is 29.6 Å². The van der Waals surface area contributed by atoms with Gasteiger partial charge in [0.15, 0.2) is 0 Å². The van der Waals surface area contributed by atoms with Gasteiger partial charge in [0.05, 0.1) is 20.8 Å². The van der Waals surface area contributed by atoms with Crippen molar-refractivity contribution in [1.82, 2.24) is 9.80 Å². The maximum Gasteiger partial charge on any atom is 0.129 e. The predicted molar refractivity (Wildman–Crippen MR) is 110 cm³/mol. The molecule has 0 radical (unpaired) electrons. The minimum absolute atomic E-state index is 0.176. The Labute approximate surface area is 172 Å².